The second-order valence-corrected chi connectivity index (χ2v) is 5.93. The molecule has 1 fully saturated rings. The Balaban J connectivity index is 1.50. The fourth-order valence-electron chi connectivity index (χ4n) is 2.97. The number of aromatic amines is 1. The van der Waals surface area contributed by atoms with E-state index in [0.717, 1.165) is 5.82 Å². The van der Waals surface area contributed by atoms with Gasteiger partial charge in [0.2, 0.25) is 0 Å². The predicted molar refractivity (Wildman–Crippen MR) is 94.9 cm³/mol. The zero-order valence-electron chi connectivity index (χ0n) is 14.0. The van der Waals surface area contributed by atoms with E-state index < -0.39 is 5.69 Å². The number of piperazine rings is 1. The molecular weight excluding hydrogens is 334 g/mol. The van der Waals surface area contributed by atoms with Gasteiger partial charge in [-0.05, 0) is 30.3 Å². The number of anilines is 1. The summed E-state index contributed by atoms with van der Waals surface area (Å²) in [5.74, 6) is 1.12. The molecule has 0 spiro atoms. The van der Waals surface area contributed by atoms with Crippen molar-refractivity contribution in [3.05, 3.63) is 65.0 Å². The highest BCUT2D eigenvalue weighted by Gasteiger charge is 2.24. The lowest BCUT2D eigenvalue weighted by Gasteiger charge is -2.35. The van der Waals surface area contributed by atoms with E-state index in [1.54, 1.807) is 29.3 Å². The number of nitrogens with one attached hydrogen (secondary N) is 1. The van der Waals surface area contributed by atoms with Gasteiger partial charge >= 0.3 is 5.69 Å². The van der Waals surface area contributed by atoms with Gasteiger partial charge in [-0.2, -0.15) is 4.98 Å². The van der Waals surface area contributed by atoms with Crippen LogP contribution in [0.3, 0.4) is 0 Å². The first-order valence-corrected chi connectivity index (χ1v) is 8.31. The molecule has 0 atom stereocenters. The summed E-state index contributed by atoms with van der Waals surface area (Å²) in [6.07, 6.45) is 3.26. The number of furan rings is 1. The number of carbonyl (C=O) groups excluding carboxylic acids is 1. The zero-order valence-corrected chi connectivity index (χ0v) is 14.0. The molecule has 26 heavy (non-hydrogen) atoms. The smallest absolute Gasteiger partial charge is 0.346 e. The SMILES string of the molecule is O=C(c1cc(-c2ccco2)[nH]c(=O)n1)N1CCN(c2ccccn2)CC1. The van der Waals surface area contributed by atoms with Crippen molar-refractivity contribution in [3.8, 4) is 11.5 Å². The second kappa shape index (κ2) is 6.83. The number of pyridine rings is 1. The maximum absolute atomic E-state index is 12.8. The van der Waals surface area contributed by atoms with Crippen molar-refractivity contribution >= 4 is 11.7 Å². The van der Waals surface area contributed by atoms with Crippen LogP contribution in [0.2, 0.25) is 0 Å². The average Bonchev–Trinajstić information content (AvgIpc) is 3.23. The highest BCUT2D eigenvalue weighted by molar-refractivity contribution is 5.93. The molecule has 1 N–H and O–H groups in total. The van der Waals surface area contributed by atoms with Crippen molar-refractivity contribution in [2.24, 2.45) is 0 Å². The Morgan fingerprint density at radius 3 is 2.65 bits per heavy atom. The van der Waals surface area contributed by atoms with Gasteiger partial charge in [0, 0.05) is 32.4 Å². The molecule has 1 aliphatic heterocycles. The number of hydrogen-bond acceptors (Lipinski definition) is 6. The zero-order chi connectivity index (χ0) is 17.9. The van der Waals surface area contributed by atoms with Gasteiger partial charge in [-0.25, -0.2) is 9.78 Å². The van der Waals surface area contributed by atoms with Crippen molar-refractivity contribution in [3.63, 3.8) is 0 Å². The van der Waals surface area contributed by atoms with Crippen molar-refractivity contribution in [2.45, 2.75) is 0 Å². The van der Waals surface area contributed by atoms with Gasteiger partial charge in [0.25, 0.3) is 5.91 Å². The summed E-state index contributed by atoms with van der Waals surface area (Å²) >= 11 is 0. The number of amides is 1. The summed E-state index contributed by atoms with van der Waals surface area (Å²) in [5.41, 5.74) is -0.0220. The monoisotopic (exact) mass is 351 g/mol. The molecule has 8 nitrogen and oxygen atoms in total. The number of nitrogens with zero attached hydrogens (tertiary/aromatic N) is 4. The molecule has 0 radical (unpaired) electrons. The van der Waals surface area contributed by atoms with E-state index in [2.05, 4.69) is 19.9 Å². The first-order chi connectivity index (χ1) is 12.7. The predicted octanol–water partition coefficient (Wildman–Crippen LogP) is 1.39. The highest BCUT2D eigenvalue weighted by atomic mass is 16.3. The van der Waals surface area contributed by atoms with Gasteiger partial charge < -0.3 is 19.2 Å². The number of hydrogen-bond donors (Lipinski definition) is 1. The lowest BCUT2D eigenvalue weighted by Crippen LogP contribution is -2.49. The number of aromatic nitrogens is 3. The van der Waals surface area contributed by atoms with E-state index in [4.69, 9.17) is 4.42 Å². The van der Waals surface area contributed by atoms with Gasteiger partial charge in [0.15, 0.2) is 0 Å². The first-order valence-electron chi connectivity index (χ1n) is 8.31. The molecule has 0 unspecified atom stereocenters. The number of carbonyl (C=O) groups is 1. The molecule has 4 heterocycles. The normalized spacial score (nSPS) is 14.5. The summed E-state index contributed by atoms with van der Waals surface area (Å²) in [4.78, 5) is 39.2. The maximum atomic E-state index is 12.8. The average molecular weight is 351 g/mol. The van der Waals surface area contributed by atoms with Gasteiger partial charge in [-0.1, -0.05) is 6.07 Å². The van der Waals surface area contributed by atoms with Crippen LogP contribution in [0.5, 0.6) is 0 Å². The standard InChI is InChI=1S/C18H17N5O3/c24-17(14-12-13(20-18(25)21-14)15-4-3-11-26-15)23-9-7-22(8-10-23)16-5-1-2-6-19-16/h1-6,11-12H,7-10H2,(H,20,21,25). The Morgan fingerprint density at radius 2 is 1.96 bits per heavy atom. The van der Waals surface area contributed by atoms with E-state index >= 15 is 0 Å². The molecule has 1 saturated heterocycles. The Bertz CT molecular complexity index is 944. The van der Waals surface area contributed by atoms with Crippen molar-refractivity contribution in [1.29, 1.82) is 0 Å². The van der Waals surface area contributed by atoms with Crippen molar-refractivity contribution in [2.75, 3.05) is 31.1 Å². The molecule has 0 bridgehead atoms. The van der Waals surface area contributed by atoms with E-state index in [1.807, 2.05) is 18.2 Å². The molecule has 0 aliphatic carbocycles. The third kappa shape index (κ3) is 3.21. The summed E-state index contributed by atoms with van der Waals surface area (Å²) in [6, 6.07) is 10.7. The molecule has 0 saturated carbocycles. The minimum Gasteiger partial charge on any atom is -0.463 e. The molecule has 0 aromatic carbocycles. The van der Waals surface area contributed by atoms with Crippen LogP contribution in [0.1, 0.15) is 10.5 Å². The van der Waals surface area contributed by atoms with Crippen LogP contribution in [0.4, 0.5) is 5.82 Å². The van der Waals surface area contributed by atoms with Crippen LogP contribution in [-0.2, 0) is 0 Å². The maximum Gasteiger partial charge on any atom is 0.346 e. The number of H-pyrrole nitrogens is 1. The quantitative estimate of drug-likeness (QED) is 0.766. The largest absolute Gasteiger partial charge is 0.463 e. The van der Waals surface area contributed by atoms with Crippen LogP contribution in [0, 0.1) is 0 Å². The fraction of sp³-hybridized carbons (Fsp3) is 0.222. The Morgan fingerprint density at radius 1 is 1.12 bits per heavy atom. The number of rotatable bonds is 3. The summed E-state index contributed by atoms with van der Waals surface area (Å²) in [6.45, 7) is 2.44. The topological polar surface area (TPSA) is 95.3 Å². The van der Waals surface area contributed by atoms with E-state index in [-0.39, 0.29) is 11.6 Å². The van der Waals surface area contributed by atoms with Crippen LogP contribution in [-0.4, -0.2) is 51.9 Å². The Hall–Kier alpha value is -3.42. The Kier molecular flexibility index (Phi) is 4.22. The first kappa shape index (κ1) is 16.1. The van der Waals surface area contributed by atoms with Gasteiger partial charge in [-0.3, -0.25) is 4.79 Å². The van der Waals surface area contributed by atoms with Gasteiger partial charge in [0.1, 0.15) is 17.3 Å². The van der Waals surface area contributed by atoms with E-state index in [0.29, 0.717) is 37.6 Å². The molecular formula is C18H17N5O3. The molecule has 1 amide bonds. The van der Waals surface area contributed by atoms with Crippen LogP contribution < -0.4 is 10.6 Å². The van der Waals surface area contributed by atoms with E-state index in [9.17, 15) is 9.59 Å². The third-order valence-corrected chi connectivity index (χ3v) is 4.29. The van der Waals surface area contributed by atoms with Crippen molar-refractivity contribution < 1.29 is 9.21 Å². The van der Waals surface area contributed by atoms with Gasteiger partial charge in [-0.15, -0.1) is 0 Å². The minimum absolute atomic E-state index is 0.117. The second-order valence-electron chi connectivity index (χ2n) is 5.93. The molecule has 132 valence electrons. The Labute approximate surface area is 149 Å². The highest BCUT2D eigenvalue weighted by Crippen LogP contribution is 2.18. The van der Waals surface area contributed by atoms with Crippen LogP contribution >= 0.6 is 0 Å². The molecule has 3 aromatic heterocycles. The molecule has 4 rings (SSSR count). The molecule has 3 aromatic rings. The van der Waals surface area contributed by atoms with E-state index in [1.165, 1.54) is 6.26 Å². The molecule has 8 heteroatoms. The lowest BCUT2D eigenvalue weighted by atomic mass is 10.2. The summed E-state index contributed by atoms with van der Waals surface area (Å²) in [7, 11) is 0. The van der Waals surface area contributed by atoms with Crippen LogP contribution in [0.25, 0.3) is 11.5 Å². The van der Waals surface area contributed by atoms with Gasteiger partial charge in [0.05, 0.1) is 12.0 Å². The minimum atomic E-state index is -0.575. The summed E-state index contributed by atoms with van der Waals surface area (Å²) < 4.78 is 5.28. The van der Waals surface area contributed by atoms with Crippen molar-refractivity contribution in [1.82, 2.24) is 19.9 Å². The van der Waals surface area contributed by atoms with Crippen LogP contribution in [0.15, 0.2) is 58.1 Å². The lowest BCUT2D eigenvalue weighted by molar-refractivity contribution is 0.0740. The summed E-state index contributed by atoms with van der Waals surface area (Å²) in [5, 5.41) is 0. The fourth-order valence-corrected chi connectivity index (χ4v) is 2.97. The third-order valence-electron chi connectivity index (χ3n) is 4.29. The molecule has 1 aliphatic rings.